The van der Waals surface area contributed by atoms with E-state index in [-0.39, 0.29) is 25.6 Å². The highest BCUT2D eigenvalue weighted by Crippen LogP contribution is 2.36. The van der Waals surface area contributed by atoms with Gasteiger partial charge in [-0.1, -0.05) is 42.0 Å². The molecule has 0 aliphatic carbocycles. The first-order chi connectivity index (χ1) is 15.2. The van der Waals surface area contributed by atoms with Crippen LogP contribution in [0, 0.1) is 12.7 Å². The minimum atomic E-state index is -0.682. The van der Waals surface area contributed by atoms with Crippen molar-refractivity contribution in [3.8, 4) is 11.1 Å². The molecule has 1 fully saturated rings. The average molecular weight is 446 g/mol. The Morgan fingerprint density at radius 1 is 1.28 bits per heavy atom. The van der Waals surface area contributed by atoms with Crippen LogP contribution in [-0.4, -0.2) is 60.7 Å². The third kappa shape index (κ3) is 6.06. The first-order valence-electron chi connectivity index (χ1n) is 10.9. The predicted octanol–water partition coefficient (Wildman–Crippen LogP) is 4.49. The van der Waals surface area contributed by atoms with Crippen LogP contribution in [0.3, 0.4) is 0 Å². The van der Waals surface area contributed by atoms with Crippen LogP contribution in [0.15, 0.2) is 42.5 Å². The second kappa shape index (κ2) is 10.4. The molecule has 1 saturated heterocycles. The van der Waals surface area contributed by atoms with Crippen molar-refractivity contribution in [3.63, 3.8) is 0 Å². The average Bonchev–Trinajstić information content (AvgIpc) is 2.73. The first kappa shape index (κ1) is 24.2. The molecule has 2 aromatic rings. The van der Waals surface area contributed by atoms with Crippen molar-refractivity contribution in [2.75, 3.05) is 32.9 Å². The number of carbonyl (C=O) groups excluding carboxylic acids is 1. The maximum atomic E-state index is 15.1. The fraction of sp³-hybridized carbons (Fsp3) is 0.480. The zero-order chi connectivity index (χ0) is 23.3. The minimum Gasteiger partial charge on any atom is -0.444 e. The number of aryl methyl sites for hydroxylation is 1. The van der Waals surface area contributed by atoms with Gasteiger partial charge in [0, 0.05) is 12.1 Å². The van der Waals surface area contributed by atoms with Crippen LogP contribution >= 0.6 is 0 Å². The molecular weight excluding hydrogens is 413 g/mol. The lowest BCUT2D eigenvalue weighted by Crippen LogP contribution is -2.49. The van der Waals surface area contributed by atoms with E-state index < -0.39 is 23.9 Å². The molecule has 1 aliphatic rings. The first-order valence-corrected chi connectivity index (χ1v) is 10.9. The standard InChI is InChI=1S/C25H32FNO5/c1-17-7-5-8-18(15-17)22-19(9-6-10-20(22)26)23(31-14-12-28)21-16-27(11-13-30-21)24(29)32-25(2,3)4/h5-10,15,21,23,28H,11-14,16H2,1-4H3. The molecule has 32 heavy (non-hydrogen) atoms. The molecule has 174 valence electrons. The Kier molecular flexibility index (Phi) is 7.87. The summed E-state index contributed by atoms with van der Waals surface area (Å²) in [5.41, 5.74) is 2.17. The number of hydrogen-bond acceptors (Lipinski definition) is 5. The summed E-state index contributed by atoms with van der Waals surface area (Å²) < 4.78 is 32.5. The van der Waals surface area contributed by atoms with Gasteiger partial charge < -0.3 is 24.2 Å². The van der Waals surface area contributed by atoms with E-state index in [2.05, 4.69) is 0 Å². The SMILES string of the molecule is Cc1cccc(-c2c(F)cccc2C(OCCO)C2CN(C(=O)OC(C)(C)C)CCO2)c1. The fourth-order valence-corrected chi connectivity index (χ4v) is 3.81. The maximum Gasteiger partial charge on any atom is 0.410 e. The van der Waals surface area contributed by atoms with Crippen molar-refractivity contribution < 1.29 is 28.5 Å². The number of morpholine rings is 1. The molecule has 2 unspecified atom stereocenters. The van der Waals surface area contributed by atoms with Gasteiger partial charge in [0.05, 0.1) is 26.4 Å². The Morgan fingerprint density at radius 2 is 2.03 bits per heavy atom. The Hall–Kier alpha value is -2.48. The zero-order valence-electron chi connectivity index (χ0n) is 19.1. The van der Waals surface area contributed by atoms with Crippen LogP contribution in [0.5, 0.6) is 0 Å². The maximum absolute atomic E-state index is 15.1. The van der Waals surface area contributed by atoms with E-state index >= 15 is 4.39 Å². The molecular formula is C25H32FNO5. The highest BCUT2D eigenvalue weighted by atomic mass is 19.1. The van der Waals surface area contributed by atoms with Crippen molar-refractivity contribution in [2.45, 2.75) is 45.5 Å². The number of ether oxygens (including phenoxy) is 3. The summed E-state index contributed by atoms with van der Waals surface area (Å²) >= 11 is 0. The summed E-state index contributed by atoms with van der Waals surface area (Å²) in [6, 6.07) is 12.5. The molecule has 6 nitrogen and oxygen atoms in total. The van der Waals surface area contributed by atoms with Crippen LogP contribution in [-0.2, 0) is 14.2 Å². The van der Waals surface area contributed by atoms with E-state index in [1.165, 1.54) is 6.07 Å². The smallest absolute Gasteiger partial charge is 0.410 e. The lowest BCUT2D eigenvalue weighted by atomic mass is 9.92. The highest BCUT2D eigenvalue weighted by molar-refractivity contribution is 5.70. The number of aliphatic hydroxyl groups excluding tert-OH is 1. The molecule has 0 saturated carbocycles. The van der Waals surface area contributed by atoms with E-state index in [0.29, 0.717) is 24.3 Å². The van der Waals surface area contributed by atoms with E-state index in [9.17, 15) is 9.90 Å². The van der Waals surface area contributed by atoms with Crippen LogP contribution in [0.1, 0.15) is 38.0 Å². The fourth-order valence-electron chi connectivity index (χ4n) is 3.81. The summed E-state index contributed by atoms with van der Waals surface area (Å²) in [7, 11) is 0. The largest absolute Gasteiger partial charge is 0.444 e. The third-order valence-electron chi connectivity index (χ3n) is 5.13. The van der Waals surface area contributed by atoms with E-state index in [1.54, 1.807) is 17.0 Å². The summed E-state index contributed by atoms with van der Waals surface area (Å²) in [6.45, 7) is 8.20. The van der Waals surface area contributed by atoms with E-state index in [4.69, 9.17) is 14.2 Å². The topological polar surface area (TPSA) is 68.2 Å². The van der Waals surface area contributed by atoms with Gasteiger partial charge in [-0.2, -0.15) is 0 Å². The Labute approximate surface area is 188 Å². The van der Waals surface area contributed by atoms with Crippen molar-refractivity contribution in [1.82, 2.24) is 4.90 Å². The lowest BCUT2D eigenvalue weighted by Gasteiger charge is -2.38. The highest BCUT2D eigenvalue weighted by Gasteiger charge is 2.35. The minimum absolute atomic E-state index is 0.0563. The van der Waals surface area contributed by atoms with Gasteiger partial charge in [0.1, 0.15) is 23.6 Å². The molecule has 7 heteroatoms. The number of nitrogens with zero attached hydrogens (tertiary/aromatic N) is 1. The molecule has 2 aromatic carbocycles. The van der Waals surface area contributed by atoms with Crippen molar-refractivity contribution in [1.29, 1.82) is 0 Å². The second-order valence-corrected chi connectivity index (χ2v) is 8.92. The molecule has 1 heterocycles. The van der Waals surface area contributed by atoms with Gasteiger partial charge in [-0.05, 0) is 44.9 Å². The Bertz CT molecular complexity index is 927. The van der Waals surface area contributed by atoms with E-state index in [1.807, 2.05) is 52.0 Å². The van der Waals surface area contributed by atoms with Gasteiger partial charge >= 0.3 is 6.09 Å². The molecule has 3 rings (SSSR count). The second-order valence-electron chi connectivity index (χ2n) is 8.92. The number of rotatable bonds is 6. The van der Waals surface area contributed by atoms with Gasteiger partial charge in [0.15, 0.2) is 0 Å². The summed E-state index contributed by atoms with van der Waals surface area (Å²) in [4.78, 5) is 14.2. The van der Waals surface area contributed by atoms with Gasteiger partial charge in [-0.3, -0.25) is 0 Å². The number of halogens is 1. The number of benzene rings is 2. The number of hydrogen-bond donors (Lipinski definition) is 1. The zero-order valence-corrected chi connectivity index (χ0v) is 19.1. The molecule has 0 radical (unpaired) electrons. The van der Waals surface area contributed by atoms with Crippen LogP contribution in [0.2, 0.25) is 0 Å². The molecule has 2 atom stereocenters. The third-order valence-corrected chi connectivity index (χ3v) is 5.13. The van der Waals surface area contributed by atoms with E-state index in [0.717, 1.165) is 11.1 Å². The van der Waals surface area contributed by atoms with Gasteiger partial charge in [0.25, 0.3) is 0 Å². The molecule has 0 bridgehead atoms. The molecule has 0 spiro atoms. The van der Waals surface area contributed by atoms with Gasteiger partial charge in [0.2, 0.25) is 0 Å². The van der Waals surface area contributed by atoms with Crippen LogP contribution in [0.25, 0.3) is 11.1 Å². The monoisotopic (exact) mass is 445 g/mol. The molecule has 1 aliphatic heterocycles. The van der Waals surface area contributed by atoms with Crippen molar-refractivity contribution in [3.05, 3.63) is 59.4 Å². The Balaban J connectivity index is 1.95. The molecule has 1 N–H and O–H groups in total. The normalized spacial score (nSPS) is 17.8. The summed E-state index contributed by atoms with van der Waals surface area (Å²) in [5.74, 6) is -0.370. The number of aliphatic hydroxyl groups is 1. The van der Waals surface area contributed by atoms with Crippen molar-refractivity contribution in [2.24, 2.45) is 0 Å². The quantitative estimate of drug-likeness (QED) is 0.710. The molecule has 1 amide bonds. The summed E-state index contributed by atoms with van der Waals surface area (Å²) in [6.07, 6.45) is -1.66. The van der Waals surface area contributed by atoms with Crippen molar-refractivity contribution >= 4 is 6.09 Å². The summed E-state index contributed by atoms with van der Waals surface area (Å²) in [5, 5.41) is 9.38. The number of carbonyl (C=O) groups is 1. The number of amides is 1. The lowest BCUT2D eigenvalue weighted by molar-refractivity contribution is -0.116. The van der Waals surface area contributed by atoms with Gasteiger partial charge in [-0.15, -0.1) is 0 Å². The van der Waals surface area contributed by atoms with Crippen LogP contribution in [0.4, 0.5) is 9.18 Å². The van der Waals surface area contributed by atoms with Gasteiger partial charge in [-0.25, -0.2) is 9.18 Å². The van der Waals surface area contributed by atoms with Crippen LogP contribution < -0.4 is 0 Å². The Morgan fingerprint density at radius 3 is 2.72 bits per heavy atom. The predicted molar refractivity (Wildman–Crippen MR) is 120 cm³/mol. The molecule has 0 aromatic heterocycles.